The van der Waals surface area contributed by atoms with Crippen LogP contribution in [0.5, 0.6) is 0 Å². The first kappa shape index (κ1) is 16.4. The molecule has 0 atom stereocenters. The number of benzene rings is 1. The predicted octanol–water partition coefficient (Wildman–Crippen LogP) is 3.88. The van der Waals surface area contributed by atoms with Gasteiger partial charge in [0.2, 0.25) is 0 Å². The zero-order valence-corrected chi connectivity index (χ0v) is 15.3. The quantitative estimate of drug-likeness (QED) is 0.851. The van der Waals surface area contributed by atoms with E-state index >= 15 is 0 Å². The van der Waals surface area contributed by atoms with E-state index in [1.165, 1.54) is 16.0 Å². The molecule has 0 bridgehead atoms. The first-order chi connectivity index (χ1) is 11.1. The molecule has 1 aliphatic heterocycles. The van der Waals surface area contributed by atoms with Crippen molar-refractivity contribution in [1.82, 2.24) is 9.80 Å². The Kier molecular flexibility index (Phi) is 5.30. The molecule has 3 nitrogen and oxygen atoms in total. The van der Waals surface area contributed by atoms with Gasteiger partial charge in [-0.15, -0.1) is 11.3 Å². The zero-order valence-electron chi connectivity index (χ0n) is 13.7. The highest BCUT2D eigenvalue weighted by atomic mass is 32.1. The maximum atomic E-state index is 5.60. The second-order valence-electron chi connectivity index (χ2n) is 6.15. The molecule has 0 amide bonds. The highest BCUT2D eigenvalue weighted by Crippen LogP contribution is 2.16. The Morgan fingerprint density at radius 3 is 2.43 bits per heavy atom. The van der Waals surface area contributed by atoms with Crippen LogP contribution in [0.3, 0.4) is 0 Å². The van der Waals surface area contributed by atoms with Gasteiger partial charge in [0.25, 0.3) is 0 Å². The van der Waals surface area contributed by atoms with Crippen molar-refractivity contribution < 1.29 is 0 Å². The molecule has 1 fully saturated rings. The van der Waals surface area contributed by atoms with Crippen molar-refractivity contribution in [2.75, 3.05) is 31.5 Å². The van der Waals surface area contributed by atoms with Gasteiger partial charge in [0.05, 0.1) is 0 Å². The number of thiophene rings is 1. The van der Waals surface area contributed by atoms with Crippen molar-refractivity contribution in [2.45, 2.75) is 20.4 Å². The van der Waals surface area contributed by atoms with E-state index in [9.17, 15) is 0 Å². The Morgan fingerprint density at radius 2 is 1.83 bits per heavy atom. The molecule has 122 valence electrons. The topological polar surface area (TPSA) is 18.5 Å². The van der Waals surface area contributed by atoms with Gasteiger partial charge in [0.1, 0.15) is 0 Å². The second kappa shape index (κ2) is 7.43. The molecule has 2 heterocycles. The molecule has 0 unspecified atom stereocenters. The van der Waals surface area contributed by atoms with Gasteiger partial charge in [-0.3, -0.25) is 4.90 Å². The average Bonchev–Trinajstić information content (AvgIpc) is 3.00. The van der Waals surface area contributed by atoms with Crippen LogP contribution in [0.15, 0.2) is 35.7 Å². The molecule has 1 saturated heterocycles. The number of thiocarbonyl (C=S) groups is 1. The third kappa shape index (κ3) is 4.53. The molecule has 1 N–H and O–H groups in total. The largest absolute Gasteiger partial charge is 0.346 e. The van der Waals surface area contributed by atoms with E-state index in [-0.39, 0.29) is 0 Å². The number of hydrogen-bond donors (Lipinski definition) is 1. The van der Waals surface area contributed by atoms with Crippen LogP contribution in [0.4, 0.5) is 5.69 Å². The van der Waals surface area contributed by atoms with Crippen molar-refractivity contribution in [3.63, 3.8) is 0 Å². The summed E-state index contributed by atoms with van der Waals surface area (Å²) in [7, 11) is 0. The normalized spacial score (nSPS) is 15.7. The summed E-state index contributed by atoms with van der Waals surface area (Å²) in [6.07, 6.45) is 0. The minimum Gasteiger partial charge on any atom is -0.346 e. The molecular weight excluding hydrogens is 322 g/mol. The van der Waals surface area contributed by atoms with Gasteiger partial charge < -0.3 is 10.2 Å². The summed E-state index contributed by atoms with van der Waals surface area (Å²) in [5, 5.41) is 6.38. The van der Waals surface area contributed by atoms with Crippen molar-refractivity contribution in [3.05, 3.63) is 51.7 Å². The summed E-state index contributed by atoms with van der Waals surface area (Å²) in [4.78, 5) is 6.22. The number of nitrogens with zero attached hydrogens (tertiary/aromatic N) is 2. The van der Waals surface area contributed by atoms with Crippen LogP contribution < -0.4 is 5.32 Å². The van der Waals surface area contributed by atoms with E-state index in [1.807, 2.05) is 11.3 Å². The fraction of sp³-hybridized carbons (Fsp3) is 0.389. The van der Waals surface area contributed by atoms with Gasteiger partial charge in [0, 0.05) is 43.3 Å². The number of nitrogens with one attached hydrogen (secondary N) is 1. The lowest BCUT2D eigenvalue weighted by atomic mass is 10.1. The molecule has 1 aromatic carbocycles. The van der Waals surface area contributed by atoms with E-state index in [2.05, 4.69) is 64.7 Å². The standard InChI is InChI=1S/C18H23N3S2/c1-14-10-15(2)12-16(11-14)19-18(22)21-7-5-20(6-8-21)13-17-4-3-9-23-17/h3-4,9-12H,5-8,13H2,1-2H3,(H,19,22). The monoisotopic (exact) mass is 345 g/mol. The summed E-state index contributed by atoms with van der Waals surface area (Å²) in [5.74, 6) is 0. The first-order valence-corrected chi connectivity index (χ1v) is 9.28. The molecular formula is C18H23N3S2. The molecule has 0 spiro atoms. The zero-order chi connectivity index (χ0) is 16.2. The molecule has 1 aromatic heterocycles. The molecule has 2 aromatic rings. The summed E-state index contributed by atoms with van der Waals surface area (Å²) < 4.78 is 0. The van der Waals surface area contributed by atoms with Gasteiger partial charge >= 0.3 is 0 Å². The maximum Gasteiger partial charge on any atom is 0.173 e. The molecule has 1 aliphatic rings. The smallest absolute Gasteiger partial charge is 0.173 e. The van der Waals surface area contributed by atoms with Crippen molar-refractivity contribution in [1.29, 1.82) is 0 Å². The first-order valence-electron chi connectivity index (χ1n) is 7.99. The minimum absolute atomic E-state index is 0.839. The molecule has 0 aliphatic carbocycles. The van der Waals surface area contributed by atoms with Crippen molar-refractivity contribution >= 4 is 34.4 Å². The lowest BCUT2D eigenvalue weighted by molar-refractivity contribution is 0.178. The van der Waals surface area contributed by atoms with Gasteiger partial charge in [-0.05, 0) is 60.8 Å². The van der Waals surface area contributed by atoms with Gasteiger partial charge in [-0.1, -0.05) is 12.1 Å². The highest BCUT2D eigenvalue weighted by molar-refractivity contribution is 7.80. The highest BCUT2D eigenvalue weighted by Gasteiger charge is 2.19. The van der Waals surface area contributed by atoms with E-state index in [0.29, 0.717) is 0 Å². The number of piperazine rings is 1. The lowest BCUT2D eigenvalue weighted by Gasteiger charge is -2.36. The maximum absolute atomic E-state index is 5.60. The Balaban J connectivity index is 1.51. The van der Waals surface area contributed by atoms with E-state index in [1.54, 1.807) is 0 Å². The fourth-order valence-corrected chi connectivity index (χ4v) is 4.03. The van der Waals surface area contributed by atoms with Gasteiger partial charge in [0.15, 0.2) is 5.11 Å². The molecule has 5 heteroatoms. The molecule has 23 heavy (non-hydrogen) atoms. The van der Waals surface area contributed by atoms with Crippen molar-refractivity contribution in [3.8, 4) is 0 Å². The van der Waals surface area contributed by atoms with E-state index in [4.69, 9.17) is 12.2 Å². The Labute approximate surface area is 147 Å². The second-order valence-corrected chi connectivity index (χ2v) is 7.57. The Morgan fingerprint density at radius 1 is 1.13 bits per heavy atom. The minimum atomic E-state index is 0.839. The van der Waals surface area contributed by atoms with Crippen molar-refractivity contribution in [2.24, 2.45) is 0 Å². The van der Waals surface area contributed by atoms with Gasteiger partial charge in [-0.2, -0.15) is 0 Å². The third-order valence-electron chi connectivity index (χ3n) is 4.09. The van der Waals surface area contributed by atoms with Crippen LogP contribution in [-0.4, -0.2) is 41.1 Å². The van der Waals surface area contributed by atoms with Crippen LogP contribution >= 0.6 is 23.6 Å². The van der Waals surface area contributed by atoms with Crippen LogP contribution in [0.25, 0.3) is 0 Å². The molecule has 3 rings (SSSR count). The van der Waals surface area contributed by atoms with E-state index in [0.717, 1.165) is 43.5 Å². The number of rotatable bonds is 3. The van der Waals surface area contributed by atoms with Crippen LogP contribution in [0, 0.1) is 13.8 Å². The third-order valence-corrected chi connectivity index (χ3v) is 5.31. The van der Waals surface area contributed by atoms with Gasteiger partial charge in [-0.25, -0.2) is 0 Å². The Bertz CT molecular complexity index is 639. The summed E-state index contributed by atoms with van der Waals surface area (Å²) in [6, 6.07) is 10.8. The fourth-order valence-electron chi connectivity index (χ4n) is 2.98. The molecule has 0 saturated carbocycles. The van der Waals surface area contributed by atoms with Crippen LogP contribution in [-0.2, 0) is 6.54 Å². The van der Waals surface area contributed by atoms with Crippen LogP contribution in [0.2, 0.25) is 0 Å². The summed E-state index contributed by atoms with van der Waals surface area (Å²) in [5.41, 5.74) is 3.61. The number of aryl methyl sites for hydroxylation is 2. The Hall–Kier alpha value is -1.43. The SMILES string of the molecule is Cc1cc(C)cc(NC(=S)N2CCN(Cc3cccs3)CC2)c1. The average molecular weight is 346 g/mol. The van der Waals surface area contributed by atoms with Crippen LogP contribution in [0.1, 0.15) is 16.0 Å². The predicted molar refractivity (Wildman–Crippen MR) is 103 cm³/mol. The number of anilines is 1. The number of hydrogen-bond acceptors (Lipinski definition) is 3. The van der Waals surface area contributed by atoms with E-state index < -0.39 is 0 Å². The molecule has 0 radical (unpaired) electrons. The summed E-state index contributed by atoms with van der Waals surface area (Å²) in [6.45, 7) is 9.39. The lowest BCUT2D eigenvalue weighted by Crippen LogP contribution is -2.49. The summed E-state index contributed by atoms with van der Waals surface area (Å²) >= 11 is 7.43.